The fraction of sp³-hybridized carbons (Fsp3) is 0.500. The molecule has 2 saturated heterocycles. The minimum Gasteiger partial charge on any atom is -0.484 e. The number of rotatable bonds is 3. The van der Waals surface area contributed by atoms with Crippen molar-refractivity contribution < 1.29 is 9.53 Å². The largest absolute Gasteiger partial charge is 0.484 e. The van der Waals surface area contributed by atoms with Gasteiger partial charge in [-0.2, -0.15) is 0 Å². The number of nitrogens with zero attached hydrogens (tertiary/aromatic N) is 1. The molecule has 2 fully saturated rings. The zero-order chi connectivity index (χ0) is 12.4. The fourth-order valence-electron chi connectivity index (χ4n) is 2.81. The minimum atomic E-state index is 0.105. The Kier molecular flexibility index (Phi) is 3.19. The average molecular weight is 246 g/mol. The number of ether oxygens (including phenoxy) is 1. The van der Waals surface area contributed by atoms with Crippen LogP contribution in [0.15, 0.2) is 30.3 Å². The van der Waals surface area contributed by atoms with E-state index < -0.39 is 0 Å². The van der Waals surface area contributed by atoms with Gasteiger partial charge in [-0.1, -0.05) is 18.2 Å². The molecule has 18 heavy (non-hydrogen) atoms. The Morgan fingerprint density at radius 1 is 1.22 bits per heavy atom. The van der Waals surface area contributed by atoms with Gasteiger partial charge >= 0.3 is 0 Å². The van der Waals surface area contributed by atoms with Gasteiger partial charge in [-0.15, -0.1) is 0 Å². The standard InChI is InChI=1S/C14H18N2O2/c17-14(10-18-13-4-2-1-3-5-13)16-8-11-6-15-7-12(11)9-16/h1-5,11-12,15H,6-10H2/t11-,12+. The summed E-state index contributed by atoms with van der Waals surface area (Å²) in [6.45, 7) is 4.02. The first-order chi connectivity index (χ1) is 8.83. The van der Waals surface area contributed by atoms with Crippen LogP contribution in [0, 0.1) is 11.8 Å². The van der Waals surface area contributed by atoms with Crippen molar-refractivity contribution in [3.05, 3.63) is 30.3 Å². The van der Waals surface area contributed by atoms with Crippen molar-refractivity contribution in [1.29, 1.82) is 0 Å². The zero-order valence-corrected chi connectivity index (χ0v) is 10.3. The average Bonchev–Trinajstić information content (AvgIpc) is 2.98. The molecule has 96 valence electrons. The summed E-state index contributed by atoms with van der Waals surface area (Å²) in [4.78, 5) is 14.0. The Morgan fingerprint density at radius 2 is 1.89 bits per heavy atom. The SMILES string of the molecule is O=C(COc1ccccc1)N1C[C@H]2CNC[C@H]2C1. The zero-order valence-electron chi connectivity index (χ0n) is 10.3. The Hall–Kier alpha value is -1.55. The predicted octanol–water partition coefficient (Wildman–Crippen LogP) is 0.743. The van der Waals surface area contributed by atoms with Crippen LogP contribution >= 0.6 is 0 Å². The van der Waals surface area contributed by atoms with Crippen molar-refractivity contribution in [3.63, 3.8) is 0 Å². The number of para-hydroxylation sites is 1. The minimum absolute atomic E-state index is 0.105. The number of benzene rings is 1. The first-order valence-electron chi connectivity index (χ1n) is 6.49. The van der Waals surface area contributed by atoms with Crippen LogP contribution in [0.3, 0.4) is 0 Å². The Bertz CT molecular complexity index is 409. The van der Waals surface area contributed by atoms with Gasteiger partial charge in [0.15, 0.2) is 6.61 Å². The van der Waals surface area contributed by atoms with Crippen molar-refractivity contribution in [2.45, 2.75) is 0 Å². The van der Waals surface area contributed by atoms with Gasteiger partial charge in [0.1, 0.15) is 5.75 Å². The molecular formula is C14H18N2O2. The molecule has 0 spiro atoms. The van der Waals surface area contributed by atoms with Crippen LogP contribution in [0.1, 0.15) is 0 Å². The number of nitrogens with one attached hydrogen (secondary N) is 1. The Morgan fingerprint density at radius 3 is 2.56 bits per heavy atom. The quantitative estimate of drug-likeness (QED) is 0.855. The first kappa shape index (κ1) is 11.5. The van der Waals surface area contributed by atoms with E-state index in [-0.39, 0.29) is 12.5 Å². The lowest BCUT2D eigenvalue weighted by atomic mass is 10.0. The summed E-state index contributed by atoms with van der Waals surface area (Å²) in [7, 11) is 0. The number of likely N-dealkylation sites (tertiary alicyclic amines) is 1. The highest BCUT2D eigenvalue weighted by Crippen LogP contribution is 2.26. The molecule has 2 atom stereocenters. The normalized spacial score (nSPS) is 26.1. The number of fused-ring (bicyclic) bond motifs is 1. The predicted molar refractivity (Wildman–Crippen MR) is 68.4 cm³/mol. The highest BCUT2D eigenvalue weighted by atomic mass is 16.5. The molecule has 4 nitrogen and oxygen atoms in total. The summed E-state index contributed by atoms with van der Waals surface area (Å²) in [5, 5.41) is 3.37. The summed E-state index contributed by atoms with van der Waals surface area (Å²) in [5.41, 5.74) is 0. The van der Waals surface area contributed by atoms with E-state index in [0.717, 1.165) is 31.9 Å². The van der Waals surface area contributed by atoms with Gasteiger partial charge in [-0.05, 0) is 24.0 Å². The molecule has 0 radical (unpaired) electrons. The van der Waals surface area contributed by atoms with E-state index >= 15 is 0 Å². The van der Waals surface area contributed by atoms with Crippen LogP contribution < -0.4 is 10.1 Å². The van der Waals surface area contributed by atoms with E-state index in [9.17, 15) is 4.79 Å². The lowest BCUT2D eigenvalue weighted by Gasteiger charge is -2.17. The van der Waals surface area contributed by atoms with Crippen LogP contribution in [0.5, 0.6) is 5.75 Å². The van der Waals surface area contributed by atoms with Crippen molar-refractivity contribution in [1.82, 2.24) is 10.2 Å². The van der Waals surface area contributed by atoms with E-state index in [2.05, 4.69) is 5.32 Å². The van der Waals surface area contributed by atoms with Crippen LogP contribution in [-0.4, -0.2) is 43.6 Å². The van der Waals surface area contributed by atoms with Gasteiger partial charge in [-0.3, -0.25) is 4.79 Å². The highest BCUT2D eigenvalue weighted by molar-refractivity contribution is 5.78. The summed E-state index contributed by atoms with van der Waals surface area (Å²) in [6, 6.07) is 9.49. The third-order valence-electron chi connectivity index (χ3n) is 3.85. The second kappa shape index (κ2) is 4.98. The molecule has 0 unspecified atom stereocenters. The number of carbonyl (C=O) groups excluding carboxylic acids is 1. The maximum Gasteiger partial charge on any atom is 0.260 e. The summed E-state index contributed by atoms with van der Waals surface area (Å²) in [5.74, 6) is 2.15. The molecule has 0 aliphatic carbocycles. The van der Waals surface area contributed by atoms with Crippen LogP contribution in [0.4, 0.5) is 0 Å². The maximum absolute atomic E-state index is 12.0. The van der Waals surface area contributed by atoms with Crippen molar-refractivity contribution in [2.75, 3.05) is 32.8 Å². The lowest BCUT2D eigenvalue weighted by molar-refractivity contribution is -0.132. The van der Waals surface area contributed by atoms with E-state index in [1.54, 1.807) is 0 Å². The van der Waals surface area contributed by atoms with Gasteiger partial charge in [-0.25, -0.2) is 0 Å². The lowest BCUT2D eigenvalue weighted by Crippen LogP contribution is -2.35. The summed E-state index contributed by atoms with van der Waals surface area (Å²) in [6.07, 6.45) is 0. The molecule has 2 heterocycles. The monoisotopic (exact) mass is 246 g/mol. The smallest absolute Gasteiger partial charge is 0.260 e. The third kappa shape index (κ3) is 2.34. The van der Waals surface area contributed by atoms with Gasteiger partial charge < -0.3 is 15.0 Å². The number of hydrogen-bond donors (Lipinski definition) is 1. The van der Waals surface area contributed by atoms with Gasteiger partial charge in [0, 0.05) is 26.2 Å². The maximum atomic E-state index is 12.0. The number of hydrogen-bond acceptors (Lipinski definition) is 3. The molecule has 1 aromatic rings. The Balaban J connectivity index is 1.50. The number of carbonyl (C=O) groups is 1. The molecule has 1 amide bonds. The van der Waals surface area contributed by atoms with E-state index in [4.69, 9.17) is 4.74 Å². The molecule has 3 rings (SSSR count). The van der Waals surface area contributed by atoms with Crippen molar-refractivity contribution in [2.24, 2.45) is 11.8 Å². The molecule has 2 aliphatic rings. The molecule has 0 saturated carbocycles. The van der Waals surface area contributed by atoms with Gasteiger partial charge in [0.25, 0.3) is 5.91 Å². The van der Waals surface area contributed by atoms with Crippen molar-refractivity contribution in [3.8, 4) is 5.75 Å². The molecule has 0 aromatic heterocycles. The van der Waals surface area contributed by atoms with E-state index in [1.165, 1.54) is 0 Å². The fourth-order valence-corrected chi connectivity index (χ4v) is 2.81. The van der Waals surface area contributed by atoms with E-state index in [1.807, 2.05) is 35.2 Å². The third-order valence-corrected chi connectivity index (χ3v) is 3.85. The second-order valence-electron chi connectivity index (χ2n) is 5.08. The van der Waals surface area contributed by atoms with Crippen LogP contribution in [0.2, 0.25) is 0 Å². The van der Waals surface area contributed by atoms with Crippen LogP contribution in [-0.2, 0) is 4.79 Å². The molecule has 1 aromatic carbocycles. The topological polar surface area (TPSA) is 41.6 Å². The summed E-state index contributed by atoms with van der Waals surface area (Å²) < 4.78 is 5.50. The van der Waals surface area contributed by atoms with Crippen molar-refractivity contribution >= 4 is 5.91 Å². The van der Waals surface area contributed by atoms with Gasteiger partial charge in [0.2, 0.25) is 0 Å². The molecule has 2 aliphatic heterocycles. The first-order valence-corrected chi connectivity index (χ1v) is 6.49. The molecular weight excluding hydrogens is 228 g/mol. The molecule has 1 N–H and O–H groups in total. The molecule has 0 bridgehead atoms. The summed E-state index contributed by atoms with van der Waals surface area (Å²) >= 11 is 0. The van der Waals surface area contributed by atoms with Crippen LogP contribution in [0.25, 0.3) is 0 Å². The van der Waals surface area contributed by atoms with Gasteiger partial charge in [0.05, 0.1) is 0 Å². The molecule has 4 heteroatoms. The van der Waals surface area contributed by atoms with E-state index in [0.29, 0.717) is 11.8 Å². The second-order valence-corrected chi connectivity index (χ2v) is 5.08. The highest BCUT2D eigenvalue weighted by Gasteiger charge is 2.37. The number of amides is 1. The Labute approximate surface area is 107 Å².